The monoisotopic (exact) mass is 487 g/mol. The van der Waals surface area contributed by atoms with Crippen LogP contribution >= 0.6 is 0 Å². The van der Waals surface area contributed by atoms with Gasteiger partial charge in [-0.15, -0.1) is 0 Å². The number of anilines is 1. The van der Waals surface area contributed by atoms with Gasteiger partial charge in [0.2, 0.25) is 5.95 Å². The normalized spacial score (nSPS) is 17.7. The molecule has 2 atom stereocenters. The number of imidazole rings is 1. The Kier molecular flexibility index (Phi) is 6.30. The molecule has 1 aliphatic rings. The molecule has 1 aliphatic carbocycles. The number of hydrogen-bond acceptors (Lipinski definition) is 7. The van der Waals surface area contributed by atoms with Gasteiger partial charge in [0.1, 0.15) is 12.6 Å². The molecule has 182 valence electrons. The Morgan fingerprint density at radius 3 is 2.81 bits per heavy atom. The van der Waals surface area contributed by atoms with E-state index in [-0.39, 0.29) is 17.5 Å². The highest BCUT2D eigenvalue weighted by atomic mass is 19.3. The van der Waals surface area contributed by atoms with E-state index in [1.165, 1.54) is 18.6 Å². The van der Waals surface area contributed by atoms with Gasteiger partial charge in [0.05, 0.1) is 52.6 Å². The molecule has 0 saturated heterocycles. The molecular formula is C25H23F2N9. The van der Waals surface area contributed by atoms with Crippen molar-refractivity contribution in [2.24, 2.45) is 0 Å². The van der Waals surface area contributed by atoms with Gasteiger partial charge < -0.3 is 10.3 Å². The van der Waals surface area contributed by atoms with Gasteiger partial charge >= 0.3 is 0 Å². The van der Waals surface area contributed by atoms with Crippen molar-refractivity contribution in [3.63, 3.8) is 0 Å². The lowest BCUT2D eigenvalue weighted by Crippen LogP contribution is -2.28. The Morgan fingerprint density at radius 1 is 1.19 bits per heavy atom. The average molecular weight is 488 g/mol. The van der Waals surface area contributed by atoms with Crippen molar-refractivity contribution >= 4 is 17.0 Å². The minimum Gasteiger partial charge on any atom is -0.351 e. The number of benzene rings is 1. The summed E-state index contributed by atoms with van der Waals surface area (Å²) in [7, 11) is 0. The van der Waals surface area contributed by atoms with Crippen LogP contribution in [-0.2, 0) is 6.54 Å². The van der Waals surface area contributed by atoms with Crippen molar-refractivity contribution in [2.45, 2.75) is 57.5 Å². The number of H-pyrrole nitrogens is 1. The lowest BCUT2D eigenvalue weighted by Gasteiger charge is -2.31. The molecule has 0 amide bonds. The van der Waals surface area contributed by atoms with Crippen molar-refractivity contribution in [3.05, 3.63) is 53.2 Å². The Bertz CT molecular complexity index is 1490. The van der Waals surface area contributed by atoms with E-state index < -0.39 is 13.0 Å². The molecule has 5 rings (SSSR count). The van der Waals surface area contributed by atoms with E-state index in [0.29, 0.717) is 22.8 Å². The average Bonchev–Trinajstić information content (AvgIpc) is 3.54. The largest absolute Gasteiger partial charge is 0.351 e. The first-order valence-corrected chi connectivity index (χ1v) is 11.7. The number of fused-ring (bicyclic) bond motifs is 1. The summed E-state index contributed by atoms with van der Waals surface area (Å²) in [5.41, 5.74) is 5.46. The Hall–Kier alpha value is -4.38. The summed E-state index contributed by atoms with van der Waals surface area (Å²) in [5, 5.41) is 26.7. The molecule has 1 fully saturated rings. The minimum atomic E-state index is -2.53. The van der Waals surface area contributed by atoms with Crippen molar-refractivity contribution in [3.8, 4) is 23.4 Å². The molecule has 0 radical (unpaired) electrons. The van der Waals surface area contributed by atoms with Gasteiger partial charge in [-0.3, -0.25) is 4.68 Å². The number of alkyl halides is 2. The fraction of sp³-hybridized carbons (Fsp3) is 0.360. The second-order valence-electron chi connectivity index (χ2n) is 9.01. The fourth-order valence-electron chi connectivity index (χ4n) is 5.06. The number of aromatic amines is 1. The first-order valence-electron chi connectivity index (χ1n) is 11.7. The van der Waals surface area contributed by atoms with Gasteiger partial charge in [-0.05, 0) is 49.3 Å². The summed E-state index contributed by atoms with van der Waals surface area (Å²) >= 11 is 0. The van der Waals surface area contributed by atoms with Crippen LogP contribution in [-0.4, -0.2) is 42.2 Å². The van der Waals surface area contributed by atoms with E-state index in [1.807, 2.05) is 13.0 Å². The zero-order valence-electron chi connectivity index (χ0n) is 19.5. The highest BCUT2D eigenvalue weighted by Crippen LogP contribution is 2.39. The van der Waals surface area contributed by atoms with Gasteiger partial charge in [-0.25, -0.2) is 23.7 Å². The lowest BCUT2D eigenvalue weighted by atomic mass is 9.79. The van der Waals surface area contributed by atoms with Crippen LogP contribution in [0.25, 0.3) is 22.3 Å². The van der Waals surface area contributed by atoms with E-state index in [4.69, 9.17) is 0 Å². The molecule has 4 aromatic rings. The minimum absolute atomic E-state index is 0.0527. The molecule has 2 N–H and O–H groups in total. The third-order valence-corrected chi connectivity index (χ3v) is 6.61. The van der Waals surface area contributed by atoms with Gasteiger partial charge in [0.25, 0.3) is 6.43 Å². The van der Waals surface area contributed by atoms with Crippen LogP contribution in [0.5, 0.6) is 0 Å². The van der Waals surface area contributed by atoms with Gasteiger partial charge in [-0.2, -0.15) is 15.6 Å². The standard InChI is InChI=1S/C25H23F2N9/c1-14-5-16(7-28)21(24-22(14)31-13-32-24)15-3-2-4-19(6-15)34-25-30-9-17(8-29)23(35-25)18-10-33-36(11-18)12-20(26)27/h5,9-11,13,15,19-20H,2-4,6,12H2,1H3,(H,31,32)(H,30,34,35)/t15-,19+/m0/s1. The number of hydrogen-bond donors (Lipinski definition) is 2. The molecule has 3 aromatic heterocycles. The van der Waals surface area contributed by atoms with Gasteiger partial charge in [0.15, 0.2) is 0 Å². The molecule has 11 heteroatoms. The van der Waals surface area contributed by atoms with Crippen LogP contribution in [0.1, 0.15) is 53.9 Å². The van der Waals surface area contributed by atoms with E-state index >= 15 is 0 Å². The SMILES string of the molecule is Cc1cc(C#N)c([C@H]2CCC[C@@H](Nc3ncc(C#N)c(-c4cnn(CC(F)F)c4)n3)C2)c2[nH]cnc12. The van der Waals surface area contributed by atoms with Crippen molar-refractivity contribution in [1.82, 2.24) is 29.7 Å². The zero-order chi connectivity index (χ0) is 25.2. The van der Waals surface area contributed by atoms with E-state index in [1.54, 1.807) is 6.33 Å². The van der Waals surface area contributed by atoms with E-state index in [9.17, 15) is 19.3 Å². The summed E-state index contributed by atoms with van der Waals surface area (Å²) < 4.78 is 26.6. The van der Waals surface area contributed by atoms with Crippen LogP contribution in [0.2, 0.25) is 0 Å². The van der Waals surface area contributed by atoms with E-state index in [2.05, 4.69) is 42.5 Å². The number of aromatic nitrogens is 6. The summed E-state index contributed by atoms with van der Waals surface area (Å²) in [6.07, 6.45) is 7.02. The maximum absolute atomic E-state index is 12.7. The van der Waals surface area contributed by atoms with E-state index in [0.717, 1.165) is 52.5 Å². The predicted octanol–water partition coefficient (Wildman–Crippen LogP) is 4.67. The molecule has 0 bridgehead atoms. The number of nitriles is 2. The molecule has 1 saturated carbocycles. The number of nitrogens with one attached hydrogen (secondary N) is 2. The van der Waals surface area contributed by atoms with Crippen molar-refractivity contribution in [2.75, 3.05) is 5.32 Å². The summed E-state index contributed by atoms with van der Waals surface area (Å²) in [4.78, 5) is 16.5. The summed E-state index contributed by atoms with van der Waals surface area (Å²) in [5.74, 6) is 0.507. The smallest absolute Gasteiger partial charge is 0.257 e. The molecule has 3 heterocycles. The number of halogens is 2. The molecule has 0 aliphatic heterocycles. The van der Waals surface area contributed by atoms with Crippen molar-refractivity contribution < 1.29 is 8.78 Å². The second-order valence-corrected chi connectivity index (χ2v) is 9.01. The van der Waals surface area contributed by atoms with Crippen LogP contribution in [0, 0.1) is 29.6 Å². The Morgan fingerprint density at radius 2 is 2.03 bits per heavy atom. The third-order valence-electron chi connectivity index (χ3n) is 6.61. The molecule has 0 spiro atoms. The summed E-state index contributed by atoms with van der Waals surface area (Å²) in [6, 6.07) is 6.37. The summed E-state index contributed by atoms with van der Waals surface area (Å²) in [6.45, 7) is 1.42. The fourth-order valence-corrected chi connectivity index (χ4v) is 5.06. The van der Waals surface area contributed by atoms with Crippen molar-refractivity contribution in [1.29, 1.82) is 10.5 Å². The third kappa shape index (κ3) is 4.48. The molecular weight excluding hydrogens is 464 g/mol. The number of nitrogens with zero attached hydrogens (tertiary/aromatic N) is 7. The molecule has 1 aromatic carbocycles. The zero-order valence-corrected chi connectivity index (χ0v) is 19.5. The second kappa shape index (κ2) is 9.70. The van der Waals surface area contributed by atoms with Crippen LogP contribution in [0.3, 0.4) is 0 Å². The Labute approximate surface area is 205 Å². The van der Waals surface area contributed by atoms with Crippen LogP contribution in [0.4, 0.5) is 14.7 Å². The maximum atomic E-state index is 12.7. The van der Waals surface area contributed by atoms with Gasteiger partial charge in [-0.1, -0.05) is 6.42 Å². The van der Waals surface area contributed by atoms with Crippen LogP contribution in [0.15, 0.2) is 31.0 Å². The topological polar surface area (TPSA) is 132 Å². The first-order chi connectivity index (χ1) is 17.5. The molecule has 9 nitrogen and oxygen atoms in total. The van der Waals surface area contributed by atoms with Gasteiger partial charge in [0, 0.05) is 17.8 Å². The molecule has 36 heavy (non-hydrogen) atoms. The highest BCUT2D eigenvalue weighted by Gasteiger charge is 2.28. The predicted molar refractivity (Wildman–Crippen MR) is 128 cm³/mol. The highest BCUT2D eigenvalue weighted by molar-refractivity contribution is 5.84. The number of aryl methyl sites for hydroxylation is 1. The first kappa shape index (κ1) is 23.4. The number of rotatable bonds is 6. The lowest BCUT2D eigenvalue weighted by molar-refractivity contribution is 0.122. The maximum Gasteiger partial charge on any atom is 0.257 e. The molecule has 0 unspecified atom stereocenters. The Balaban J connectivity index is 1.40. The quantitative estimate of drug-likeness (QED) is 0.404. The van der Waals surface area contributed by atoms with Crippen LogP contribution < -0.4 is 5.32 Å².